The number of hydrogen-bond acceptors (Lipinski definition) is 2. The van der Waals surface area contributed by atoms with Crippen LogP contribution in [0.2, 0.25) is 0 Å². The topological polar surface area (TPSA) is 20.3 Å². The third-order valence-corrected chi connectivity index (χ3v) is 4.16. The standard InChI is InChI=1S/C13H25NO/c1-5-13(4,12(3)15)14-9-6-7-11(2)8-10-14/h11H,5-10H2,1-4H3. The molecule has 1 aliphatic heterocycles. The number of carbonyl (C=O) groups is 1. The van der Waals surface area contributed by atoms with E-state index in [1.54, 1.807) is 6.92 Å². The van der Waals surface area contributed by atoms with E-state index in [0.29, 0.717) is 5.78 Å². The summed E-state index contributed by atoms with van der Waals surface area (Å²) in [6.45, 7) is 10.5. The van der Waals surface area contributed by atoms with Crippen molar-refractivity contribution in [1.29, 1.82) is 0 Å². The van der Waals surface area contributed by atoms with Gasteiger partial charge in [0.05, 0.1) is 5.54 Å². The number of ketones is 1. The summed E-state index contributed by atoms with van der Waals surface area (Å²) in [7, 11) is 0. The van der Waals surface area contributed by atoms with Crippen LogP contribution in [0, 0.1) is 5.92 Å². The van der Waals surface area contributed by atoms with Crippen molar-refractivity contribution >= 4 is 5.78 Å². The van der Waals surface area contributed by atoms with Crippen LogP contribution >= 0.6 is 0 Å². The number of likely N-dealkylation sites (tertiary alicyclic amines) is 1. The van der Waals surface area contributed by atoms with E-state index in [4.69, 9.17) is 0 Å². The van der Waals surface area contributed by atoms with Gasteiger partial charge in [-0.2, -0.15) is 0 Å². The molecule has 0 aromatic carbocycles. The number of hydrogen-bond donors (Lipinski definition) is 0. The molecule has 15 heavy (non-hydrogen) atoms. The molecular weight excluding hydrogens is 186 g/mol. The largest absolute Gasteiger partial charge is 0.298 e. The van der Waals surface area contributed by atoms with Gasteiger partial charge in [-0.05, 0) is 58.5 Å². The number of Topliss-reactive ketones (excluding diaryl/α,β-unsaturated/α-hetero) is 1. The maximum atomic E-state index is 11.7. The maximum Gasteiger partial charge on any atom is 0.149 e. The molecule has 88 valence electrons. The number of carbonyl (C=O) groups excluding carboxylic acids is 1. The van der Waals surface area contributed by atoms with E-state index in [-0.39, 0.29) is 5.54 Å². The van der Waals surface area contributed by atoms with Gasteiger partial charge in [0.2, 0.25) is 0 Å². The lowest BCUT2D eigenvalue weighted by atomic mass is 9.91. The Bertz CT molecular complexity index is 227. The van der Waals surface area contributed by atoms with Gasteiger partial charge in [0.15, 0.2) is 0 Å². The van der Waals surface area contributed by atoms with E-state index in [1.807, 2.05) is 0 Å². The van der Waals surface area contributed by atoms with Gasteiger partial charge in [0.1, 0.15) is 5.78 Å². The second-order valence-corrected chi connectivity index (χ2v) is 5.21. The van der Waals surface area contributed by atoms with Crippen molar-refractivity contribution in [2.75, 3.05) is 13.1 Å². The summed E-state index contributed by atoms with van der Waals surface area (Å²) in [5.41, 5.74) is -0.218. The fourth-order valence-corrected chi connectivity index (χ4v) is 2.45. The van der Waals surface area contributed by atoms with Gasteiger partial charge in [0.25, 0.3) is 0 Å². The van der Waals surface area contributed by atoms with Crippen LogP contribution in [0.4, 0.5) is 0 Å². The Morgan fingerprint density at radius 2 is 2.07 bits per heavy atom. The normalized spacial score (nSPS) is 28.1. The molecule has 0 saturated carbocycles. The second-order valence-electron chi connectivity index (χ2n) is 5.21. The molecule has 0 spiro atoms. The van der Waals surface area contributed by atoms with Crippen molar-refractivity contribution in [3.8, 4) is 0 Å². The summed E-state index contributed by atoms with van der Waals surface area (Å²) in [5.74, 6) is 1.14. The fraction of sp³-hybridized carbons (Fsp3) is 0.923. The lowest BCUT2D eigenvalue weighted by Crippen LogP contribution is -2.51. The molecule has 1 saturated heterocycles. The molecule has 2 atom stereocenters. The molecule has 0 bridgehead atoms. The molecule has 2 nitrogen and oxygen atoms in total. The summed E-state index contributed by atoms with van der Waals surface area (Å²) in [5, 5.41) is 0. The van der Waals surface area contributed by atoms with Crippen molar-refractivity contribution in [3.63, 3.8) is 0 Å². The van der Waals surface area contributed by atoms with Crippen molar-refractivity contribution in [3.05, 3.63) is 0 Å². The Balaban J connectivity index is 2.72. The van der Waals surface area contributed by atoms with Crippen LogP contribution in [0.3, 0.4) is 0 Å². The van der Waals surface area contributed by atoms with Gasteiger partial charge >= 0.3 is 0 Å². The molecule has 0 aromatic rings. The van der Waals surface area contributed by atoms with Crippen LogP contribution in [0.1, 0.15) is 53.4 Å². The fourth-order valence-electron chi connectivity index (χ4n) is 2.45. The summed E-state index contributed by atoms with van der Waals surface area (Å²) in [4.78, 5) is 14.1. The van der Waals surface area contributed by atoms with Crippen molar-refractivity contribution < 1.29 is 4.79 Å². The van der Waals surface area contributed by atoms with Crippen molar-refractivity contribution in [1.82, 2.24) is 4.90 Å². The smallest absolute Gasteiger partial charge is 0.149 e. The van der Waals surface area contributed by atoms with Crippen LogP contribution in [0.25, 0.3) is 0 Å². The Labute approximate surface area is 94.0 Å². The third-order valence-electron chi connectivity index (χ3n) is 4.16. The highest BCUT2D eigenvalue weighted by atomic mass is 16.1. The summed E-state index contributed by atoms with van der Waals surface area (Å²) in [6, 6.07) is 0. The molecular formula is C13H25NO. The monoisotopic (exact) mass is 211 g/mol. The zero-order valence-electron chi connectivity index (χ0n) is 10.7. The zero-order chi connectivity index (χ0) is 11.5. The van der Waals surface area contributed by atoms with E-state index >= 15 is 0 Å². The van der Waals surface area contributed by atoms with Gasteiger partial charge in [-0.25, -0.2) is 0 Å². The maximum absolute atomic E-state index is 11.7. The predicted octanol–water partition coefficient (Wildman–Crippen LogP) is 2.87. The van der Waals surface area contributed by atoms with Gasteiger partial charge in [-0.1, -0.05) is 13.8 Å². The van der Waals surface area contributed by atoms with E-state index in [2.05, 4.69) is 25.7 Å². The van der Waals surface area contributed by atoms with E-state index in [9.17, 15) is 4.79 Å². The Kier molecular flexibility index (Phi) is 4.32. The van der Waals surface area contributed by atoms with Gasteiger partial charge < -0.3 is 0 Å². The highest BCUT2D eigenvalue weighted by Crippen LogP contribution is 2.26. The van der Waals surface area contributed by atoms with E-state index < -0.39 is 0 Å². The Morgan fingerprint density at radius 1 is 1.40 bits per heavy atom. The first-order valence-electron chi connectivity index (χ1n) is 6.26. The lowest BCUT2D eigenvalue weighted by Gasteiger charge is -2.38. The number of nitrogens with zero attached hydrogens (tertiary/aromatic N) is 1. The van der Waals surface area contributed by atoms with Crippen molar-refractivity contribution in [2.24, 2.45) is 5.92 Å². The molecule has 0 aliphatic carbocycles. The van der Waals surface area contributed by atoms with E-state index in [1.165, 1.54) is 19.3 Å². The predicted molar refractivity (Wildman–Crippen MR) is 64.0 cm³/mol. The molecule has 1 aliphatic rings. The average molecular weight is 211 g/mol. The summed E-state index contributed by atoms with van der Waals surface area (Å²) >= 11 is 0. The molecule has 1 rings (SSSR count). The minimum absolute atomic E-state index is 0.218. The summed E-state index contributed by atoms with van der Waals surface area (Å²) < 4.78 is 0. The highest BCUT2D eigenvalue weighted by Gasteiger charge is 2.35. The van der Waals surface area contributed by atoms with Gasteiger partial charge in [0, 0.05) is 0 Å². The average Bonchev–Trinajstić information content (AvgIpc) is 2.41. The minimum Gasteiger partial charge on any atom is -0.298 e. The third kappa shape index (κ3) is 2.81. The molecule has 0 amide bonds. The SMILES string of the molecule is CCC(C)(C(C)=O)N1CCCC(C)CC1. The van der Waals surface area contributed by atoms with Crippen LogP contribution in [0.15, 0.2) is 0 Å². The summed E-state index contributed by atoms with van der Waals surface area (Å²) in [6.07, 6.45) is 4.72. The minimum atomic E-state index is -0.218. The van der Waals surface area contributed by atoms with Crippen LogP contribution in [-0.2, 0) is 4.79 Å². The molecule has 1 heterocycles. The van der Waals surface area contributed by atoms with Crippen molar-refractivity contribution in [2.45, 2.75) is 58.9 Å². The molecule has 1 fully saturated rings. The zero-order valence-corrected chi connectivity index (χ0v) is 10.7. The Hall–Kier alpha value is -0.370. The lowest BCUT2D eigenvalue weighted by molar-refractivity contribution is -0.128. The quantitative estimate of drug-likeness (QED) is 0.715. The highest BCUT2D eigenvalue weighted by molar-refractivity contribution is 5.85. The Morgan fingerprint density at radius 3 is 2.60 bits per heavy atom. The molecule has 0 N–H and O–H groups in total. The number of rotatable bonds is 3. The molecule has 0 aromatic heterocycles. The molecule has 2 heteroatoms. The van der Waals surface area contributed by atoms with Crippen LogP contribution in [0.5, 0.6) is 0 Å². The molecule has 0 radical (unpaired) electrons. The first kappa shape index (κ1) is 12.7. The second kappa shape index (κ2) is 5.11. The molecule has 2 unspecified atom stereocenters. The van der Waals surface area contributed by atoms with Crippen LogP contribution in [-0.4, -0.2) is 29.3 Å². The van der Waals surface area contributed by atoms with Gasteiger partial charge in [-0.15, -0.1) is 0 Å². The van der Waals surface area contributed by atoms with Gasteiger partial charge in [-0.3, -0.25) is 9.69 Å². The van der Waals surface area contributed by atoms with Crippen LogP contribution < -0.4 is 0 Å². The van der Waals surface area contributed by atoms with E-state index in [0.717, 1.165) is 25.4 Å². The first-order valence-corrected chi connectivity index (χ1v) is 6.26. The first-order chi connectivity index (χ1) is 7.00.